The van der Waals surface area contributed by atoms with Gasteiger partial charge in [0.25, 0.3) is 0 Å². The summed E-state index contributed by atoms with van der Waals surface area (Å²) in [5, 5.41) is 12.4. The minimum Gasteiger partial charge on any atom is -0.497 e. The highest BCUT2D eigenvalue weighted by Gasteiger charge is 2.29. The van der Waals surface area contributed by atoms with Crippen molar-refractivity contribution in [2.24, 2.45) is 0 Å². The van der Waals surface area contributed by atoms with Gasteiger partial charge < -0.3 is 19.5 Å². The SMILES string of the molecule is CCOC(=O)C(C(=O)OCC)=C1NC(c2ccc(OC)cc2)=CC=C1C#N. The van der Waals surface area contributed by atoms with Gasteiger partial charge in [0.2, 0.25) is 0 Å². The second-order valence-corrected chi connectivity index (χ2v) is 5.32. The number of carbonyl (C=O) groups excluding carboxylic acids is 2. The molecule has 140 valence electrons. The van der Waals surface area contributed by atoms with Crippen LogP contribution in [0, 0.1) is 11.3 Å². The summed E-state index contributed by atoms with van der Waals surface area (Å²) in [4.78, 5) is 24.7. The summed E-state index contributed by atoms with van der Waals surface area (Å²) >= 11 is 0. The molecule has 0 radical (unpaired) electrons. The van der Waals surface area contributed by atoms with Crippen LogP contribution in [0.3, 0.4) is 0 Å². The molecule has 0 saturated heterocycles. The molecule has 0 saturated carbocycles. The molecule has 7 nitrogen and oxygen atoms in total. The number of esters is 2. The van der Waals surface area contributed by atoms with E-state index in [-0.39, 0.29) is 30.1 Å². The summed E-state index contributed by atoms with van der Waals surface area (Å²) in [6, 6.07) is 9.17. The lowest BCUT2D eigenvalue weighted by Gasteiger charge is -2.20. The molecule has 1 heterocycles. The number of carbonyl (C=O) groups is 2. The number of nitrogens with one attached hydrogen (secondary N) is 1. The predicted octanol–water partition coefficient (Wildman–Crippen LogP) is 2.47. The van der Waals surface area contributed by atoms with Crippen LogP contribution in [-0.4, -0.2) is 32.3 Å². The zero-order valence-electron chi connectivity index (χ0n) is 15.4. The summed E-state index contributed by atoms with van der Waals surface area (Å²) < 4.78 is 15.1. The van der Waals surface area contributed by atoms with Crippen LogP contribution in [-0.2, 0) is 19.1 Å². The Labute approximate surface area is 157 Å². The number of rotatable bonds is 6. The average Bonchev–Trinajstić information content (AvgIpc) is 2.68. The Hall–Kier alpha value is -3.53. The molecule has 0 amide bonds. The highest BCUT2D eigenvalue weighted by atomic mass is 16.6. The Morgan fingerprint density at radius 2 is 1.63 bits per heavy atom. The van der Waals surface area contributed by atoms with E-state index in [9.17, 15) is 14.9 Å². The molecule has 1 aromatic rings. The van der Waals surface area contributed by atoms with Gasteiger partial charge in [0.1, 0.15) is 11.8 Å². The van der Waals surface area contributed by atoms with E-state index in [4.69, 9.17) is 14.2 Å². The molecule has 1 aliphatic rings. The van der Waals surface area contributed by atoms with E-state index >= 15 is 0 Å². The second-order valence-electron chi connectivity index (χ2n) is 5.32. The summed E-state index contributed by atoms with van der Waals surface area (Å²) in [6.07, 6.45) is 3.22. The summed E-state index contributed by atoms with van der Waals surface area (Å²) in [5.74, 6) is -1.01. The molecule has 27 heavy (non-hydrogen) atoms. The standard InChI is InChI=1S/C20H20N2O5/c1-4-26-19(23)17(20(24)27-5-2)18-14(12-21)8-11-16(22-18)13-6-9-15(25-3)10-7-13/h6-11,22H,4-5H2,1-3H3. The molecule has 0 fully saturated rings. The number of dihydropyridines is 1. The van der Waals surface area contributed by atoms with Crippen molar-refractivity contribution in [3.63, 3.8) is 0 Å². The molecule has 0 spiro atoms. The third kappa shape index (κ3) is 4.55. The summed E-state index contributed by atoms with van der Waals surface area (Å²) in [7, 11) is 1.57. The topological polar surface area (TPSA) is 97.7 Å². The maximum absolute atomic E-state index is 12.4. The van der Waals surface area contributed by atoms with Gasteiger partial charge in [-0.2, -0.15) is 5.26 Å². The Morgan fingerprint density at radius 1 is 1.04 bits per heavy atom. The lowest BCUT2D eigenvalue weighted by atomic mass is 10.0. The van der Waals surface area contributed by atoms with Crippen LogP contribution >= 0.6 is 0 Å². The minimum atomic E-state index is -0.851. The van der Waals surface area contributed by atoms with Crippen LogP contribution in [0.2, 0.25) is 0 Å². The molecule has 0 bridgehead atoms. The summed E-state index contributed by atoms with van der Waals surface area (Å²) in [6.45, 7) is 3.43. The normalized spacial score (nSPS) is 12.7. The molecule has 0 aromatic heterocycles. The number of nitrogens with zero attached hydrogens (tertiary/aromatic N) is 1. The fourth-order valence-electron chi connectivity index (χ4n) is 2.42. The number of nitriles is 1. The van der Waals surface area contributed by atoms with Crippen LogP contribution in [0.15, 0.2) is 53.3 Å². The van der Waals surface area contributed by atoms with Gasteiger partial charge in [0, 0.05) is 5.70 Å². The lowest BCUT2D eigenvalue weighted by molar-refractivity contribution is -0.146. The van der Waals surface area contributed by atoms with E-state index in [2.05, 4.69) is 5.32 Å². The maximum atomic E-state index is 12.4. The van der Waals surface area contributed by atoms with Crippen molar-refractivity contribution in [2.45, 2.75) is 13.8 Å². The highest BCUT2D eigenvalue weighted by Crippen LogP contribution is 2.26. The highest BCUT2D eigenvalue weighted by molar-refractivity contribution is 6.15. The first-order valence-corrected chi connectivity index (χ1v) is 8.38. The number of hydrogen-bond acceptors (Lipinski definition) is 7. The number of hydrogen-bond donors (Lipinski definition) is 1. The van der Waals surface area contributed by atoms with Gasteiger partial charge in [-0.25, -0.2) is 9.59 Å². The zero-order valence-corrected chi connectivity index (χ0v) is 15.4. The van der Waals surface area contributed by atoms with E-state index < -0.39 is 11.9 Å². The van der Waals surface area contributed by atoms with E-state index in [1.165, 1.54) is 6.08 Å². The van der Waals surface area contributed by atoms with E-state index in [0.29, 0.717) is 11.4 Å². The molecular formula is C20H20N2O5. The van der Waals surface area contributed by atoms with E-state index in [1.54, 1.807) is 39.2 Å². The first-order chi connectivity index (χ1) is 13.0. The molecule has 2 rings (SSSR count). The Balaban J connectivity index is 2.51. The molecule has 1 aliphatic heterocycles. The van der Waals surface area contributed by atoms with Crippen molar-refractivity contribution >= 4 is 17.6 Å². The Bertz CT molecular complexity index is 837. The third-order valence-corrected chi connectivity index (χ3v) is 3.68. The molecule has 0 aliphatic carbocycles. The molecular weight excluding hydrogens is 348 g/mol. The fourth-order valence-corrected chi connectivity index (χ4v) is 2.42. The van der Waals surface area contributed by atoms with Crippen LogP contribution in [0.5, 0.6) is 5.75 Å². The molecule has 7 heteroatoms. The monoisotopic (exact) mass is 368 g/mol. The van der Waals surface area contributed by atoms with E-state index in [0.717, 1.165) is 5.56 Å². The zero-order chi connectivity index (χ0) is 19.8. The van der Waals surface area contributed by atoms with Crippen molar-refractivity contribution in [3.8, 4) is 11.8 Å². The van der Waals surface area contributed by atoms with Crippen molar-refractivity contribution in [2.75, 3.05) is 20.3 Å². The van der Waals surface area contributed by atoms with Gasteiger partial charge in [0.05, 0.1) is 31.6 Å². The maximum Gasteiger partial charge on any atom is 0.347 e. The number of methoxy groups -OCH3 is 1. The quantitative estimate of drug-likeness (QED) is 0.356. The van der Waals surface area contributed by atoms with Crippen LogP contribution in [0.25, 0.3) is 5.70 Å². The van der Waals surface area contributed by atoms with Gasteiger partial charge in [-0.1, -0.05) is 0 Å². The van der Waals surface area contributed by atoms with Crippen molar-refractivity contribution in [3.05, 3.63) is 58.8 Å². The number of ether oxygens (including phenoxy) is 3. The smallest absolute Gasteiger partial charge is 0.347 e. The van der Waals surface area contributed by atoms with Gasteiger partial charge in [-0.05, 0) is 55.8 Å². The van der Waals surface area contributed by atoms with Gasteiger partial charge >= 0.3 is 11.9 Å². The van der Waals surface area contributed by atoms with Crippen LogP contribution in [0.4, 0.5) is 0 Å². The van der Waals surface area contributed by atoms with Gasteiger partial charge in [0.15, 0.2) is 5.57 Å². The number of benzene rings is 1. The largest absolute Gasteiger partial charge is 0.497 e. The van der Waals surface area contributed by atoms with Gasteiger partial charge in [-0.3, -0.25) is 0 Å². The fraction of sp³-hybridized carbons (Fsp3) is 0.250. The minimum absolute atomic E-state index is 0.0581. The average molecular weight is 368 g/mol. The first kappa shape index (κ1) is 19.8. The van der Waals surface area contributed by atoms with Crippen LogP contribution in [0.1, 0.15) is 19.4 Å². The molecule has 0 unspecified atom stereocenters. The van der Waals surface area contributed by atoms with E-state index in [1.807, 2.05) is 18.2 Å². The third-order valence-electron chi connectivity index (χ3n) is 3.68. The Kier molecular flexibility index (Phi) is 6.78. The second kappa shape index (κ2) is 9.25. The van der Waals surface area contributed by atoms with Crippen molar-refractivity contribution in [1.82, 2.24) is 5.32 Å². The Morgan fingerprint density at radius 3 is 2.11 bits per heavy atom. The van der Waals surface area contributed by atoms with Crippen molar-refractivity contribution < 1.29 is 23.8 Å². The van der Waals surface area contributed by atoms with Gasteiger partial charge in [-0.15, -0.1) is 0 Å². The van der Waals surface area contributed by atoms with Crippen LogP contribution < -0.4 is 10.1 Å². The molecule has 1 aromatic carbocycles. The van der Waals surface area contributed by atoms with Crippen molar-refractivity contribution in [1.29, 1.82) is 5.26 Å². The lowest BCUT2D eigenvalue weighted by Crippen LogP contribution is -2.27. The summed E-state index contributed by atoms with van der Waals surface area (Å²) in [5.41, 5.74) is 1.24. The molecule has 1 N–H and O–H groups in total. The predicted molar refractivity (Wildman–Crippen MR) is 98.1 cm³/mol. The first-order valence-electron chi connectivity index (χ1n) is 8.38. The molecule has 0 atom stereocenters. The number of allylic oxidation sites excluding steroid dienone is 3.